The Kier molecular flexibility index (Phi) is 6.97. The number of carbonyl (C=O) groups excluding carboxylic acids is 1. The lowest BCUT2D eigenvalue weighted by Gasteiger charge is -2.26. The van der Waals surface area contributed by atoms with Crippen LogP contribution in [0.5, 0.6) is 0 Å². The van der Waals surface area contributed by atoms with Gasteiger partial charge in [0.05, 0.1) is 25.2 Å². The van der Waals surface area contributed by atoms with Gasteiger partial charge in [-0.2, -0.15) is 11.8 Å². The topological polar surface area (TPSA) is 54.7 Å². The van der Waals surface area contributed by atoms with Gasteiger partial charge >= 0.3 is 0 Å². The zero-order valence-corrected chi connectivity index (χ0v) is 15.1. The SMILES string of the molecule is O=C(NCCSCc1ccco1)c1cccc(CN2CCOCC2)c1. The fraction of sp³-hybridized carbons (Fsp3) is 0.421. The van der Waals surface area contributed by atoms with E-state index >= 15 is 0 Å². The van der Waals surface area contributed by atoms with Gasteiger partial charge in [-0.15, -0.1) is 0 Å². The van der Waals surface area contributed by atoms with Crippen LogP contribution in [0, 0.1) is 0 Å². The Hall–Kier alpha value is -1.76. The second-order valence-corrected chi connectivity index (χ2v) is 7.08. The van der Waals surface area contributed by atoms with Gasteiger partial charge in [-0.05, 0) is 29.8 Å². The normalized spacial score (nSPS) is 15.2. The van der Waals surface area contributed by atoms with Gasteiger partial charge in [0.15, 0.2) is 0 Å². The second kappa shape index (κ2) is 9.65. The molecule has 0 bridgehead atoms. The van der Waals surface area contributed by atoms with Crippen LogP contribution in [0.25, 0.3) is 0 Å². The van der Waals surface area contributed by atoms with E-state index in [4.69, 9.17) is 9.15 Å². The van der Waals surface area contributed by atoms with E-state index in [9.17, 15) is 4.79 Å². The van der Waals surface area contributed by atoms with Crippen molar-refractivity contribution in [2.75, 3.05) is 38.6 Å². The zero-order valence-electron chi connectivity index (χ0n) is 14.3. The van der Waals surface area contributed by atoms with Crippen LogP contribution in [0.1, 0.15) is 21.7 Å². The van der Waals surface area contributed by atoms with E-state index in [0.29, 0.717) is 6.54 Å². The van der Waals surface area contributed by atoms with Crippen molar-refractivity contribution in [1.29, 1.82) is 0 Å². The molecular formula is C19H24N2O3S. The average molecular weight is 360 g/mol. The third kappa shape index (κ3) is 5.92. The van der Waals surface area contributed by atoms with E-state index in [1.165, 1.54) is 5.56 Å². The first-order chi connectivity index (χ1) is 12.3. The van der Waals surface area contributed by atoms with Crippen molar-refractivity contribution in [3.8, 4) is 0 Å². The summed E-state index contributed by atoms with van der Waals surface area (Å²) in [6.07, 6.45) is 1.68. The number of nitrogens with zero attached hydrogens (tertiary/aromatic N) is 1. The molecule has 1 fully saturated rings. The Morgan fingerprint density at radius 3 is 2.88 bits per heavy atom. The fourth-order valence-corrected chi connectivity index (χ4v) is 3.49. The lowest BCUT2D eigenvalue weighted by Crippen LogP contribution is -2.35. The molecule has 2 aromatic rings. The van der Waals surface area contributed by atoms with Gasteiger partial charge < -0.3 is 14.5 Å². The molecule has 5 nitrogen and oxygen atoms in total. The highest BCUT2D eigenvalue weighted by molar-refractivity contribution is 7.98. The number of rotatable bonds is 8. The summed E-state index contributed by atoms with van der Waals surface area (Å²) in [6.45, 7) is 4.99. The number of amides is 1. The molecule has 25 heavy (non-hydrogen) atoms. The summed E-state index contributed by atoms with van der Waals surface area (Å²) in [7, 11) is 0. The minimum absolute atomic E-state index is 0.0116. The van der Waals surface area contributed by atoms with Crippen LogP contribution in [-0.4, -0.2) is 49.4 Å². The maximum absolute atomic E-state index is 12.3. The standard InChI is InChI=1S/C19H24N2O3S/c22-19(20-6-12-25-15-18-5-2-9-24-18)17-4-1-3-16(13-17)14-21-7-10-23-11-8-21/h1-5,9,13H,6-8,10-12,14-15H2,(H,20,22). The Balaban J connectivity index is 1.41. The Bertz CT molecular complexity index is 654. The molecule has 1 N–H and O–H groups in total. The van der Waals surface area contributed by atoms with Crippen molar-refractivity contribution in [2.45, 2.75) is 12.3 Å². The Morgan fingerprint density at radius 2 is 2.08 bits per heavy atom. The van der Waals surface area contributed by atoms with E-state index in [0.717, 1.165) is 55.7 Å². The summed E-state index contributed by atoms with van der Waals surface area (Å²) < 4.78 is 10.7. The van der Waals surface area contributed by atoms with Crippen molar-refractivity contribution in [2.24, 2.45) is 0 Å². The smallest absolute Gasteiger partial charge is 0.251 e. The molecule has 0 radical (unpaired) electrons. The predicted octanol–water partition coefficient (Wildman–Crippen LogP) is 2.78. The zero-order chi connectivity index (χ0) is 17.3. The number of hydrogen-bond donors (Lipinski definition) is 1. The lowest BCUT2D eigenvalue weighted by atomic mass is 10.1. The van der Waals surface area contributed by atoms with E-state index in [-0.39, 0.29) is 5.91 Å². The summed E-state index contributed by atoms with van der Waals surface area (Å²) in [5.41, 5.74) is 1.89. The minimum Gasteiger partial charge on any atom is -0.468 e. The first-order valence-electron chi connectivity index (χ1n) is 8.58. The molecule has 2 heterocycles. The van der Waals surface area contributed by atoms with E-state index in [1.807, 2.05) is 30.3 Å². The fourth-order valence-electron chi connectivity index (χ4n) is 2.73. The van der Waals surface area contributed by atoms with Crippen LogP contribution in [0.2, 0.25) is 0 Å². The summed E-state index contributed by atoms with van der Waals surface area (Å²) in [5.74, 6) is 2.65. The van der Waals surface area contributed by atoms with E-state index in [1.54, 1.807) is 18.0 Å². The van der Waals surface area contributed by atoms with Crippen molar-refractivity contribution in [1.82, 2.24) is 10.2 Å². The van der Waals surface area contributed by atoms with Crippen LogP contribution in [0.4, 0.5) is 0 Å². The molecule has 1 aromatic heterocycles. The monoisotopic (exact) mass is 360 g/mol. The third-order valence-corrected chi connectivity index (χ3v) is 5.04. The van der Waals surface area contributed by atoms with Crippen LogP contribution in [0.15, 0.2) is 47.1 Å². The summed E-state index contributed by atoms with van der Waals surface area (Å²) in [5, 5.41) is 2.99. The van der Waals surface area contributed by atoms with Gasteiger partial charge in [0.2, 0.25) is 0 Å². The van der Waals surface area contributed by atoms with Crippen molar-refractivity contribution in [3.63, 3.8) is 0 Å². The van der Waals surface area contributed by atoms with Gasteiger partial charge in [-0.1, -0.05) is 12.1 Å². The average Bonchev–Trinajstić information content (AvgIpc) is 3.16. The molecule has 0 saturated carbocycles. The minimum atomic E-state index is -0.0116. The number of furan rings is 1. The lowest BCUT2D eigenvalue weighted by molar-refractivity contribution is 0.0342. The molecule has 1 saturated heterocycles. The van der Waals surface area contributed by atoms with Crippen molar-refractivity contribution >= 4 is 17.7 Å². The maximum atomic E-state index is 12.3. The van der Waals surface area contributed by atoms with Gasteiger partial charge in [-0.3, -0.25) is 9.69 Å². The molecule has 0 aliphatic carbocycles. The van der Waals surface area contributed by atoms with Gasteiger partial charge in [0, 0.05) is 37.5 Å². The number of hydrogen-bond acceptors (Lipinski definition) is 5. The third-order valence-electron chi connectivity index (χ3n) is 4.06. The van der Waals surface area contributed by atoms with Crippen LogP contribution in [0.3, 0.4) is 0 Å². The van der Waals surface area contributed by atoms with Crippen LogP contribution in [-0.2, 0) is 17.0 Å². The number of ether oxygens (including phenoxy) is 1. The summed E-state index contributed by atoms with van der Waals surface area (Å²) >= 11 is 1.75. The van der Waals surface area contributed by atoms with E-state index < -0.39 is 0 Å². The Labute approximate surface area is 152 Å². The van der Waals surface area contributed by atoms with Gasteiger partial charge in [0.1, 0.15) is 5.76 Å². The van der Waals surface area contributed by atoms with E-state index in [2.05, 4.69) is 16.3 Å². The summed E-state index contributed by atoms with van der Waals surface area (Å²) in [6, 6.07) is 11.7. The highest BCUT2D eigenvalue weighted by atomic mass is 32.2. The number of morpholine rings is 1. The highest BCUT2D eigenvalue weighted by Crippen LogP contribution is 2.12. The summed E-state index contributed by atoms with van der Waals surface area (Å²) in [4.78, 5) is 14.7. The van der Waals surface area contributed by atoms with Crippen molar-refractivity contribution < 1.29 is 13.9 Å². The molecule has 134 valence electrons. The maximum Gasteiger partial charge on any atom is 0.251 e. The number of nitrogens with one attached hydrogen (secondary N) is 1. The molecule has 1 amide bonds. The molecule has 0 spiro atoms. The molecule has 0 unspecified atom stereocenters. The molecule has 0 atom stereocenters. The Morgan fingerprint density at radius 1 is 1.20 bits per heavy atom. The predicted molar refractivity (Wildman–Crippen MR) is 99.7 cm³/mol. The quantitative estimate of drug-likeness (QED) is 0.734. The van der Waals surface area contributed by atoms with Crippen LogP contribution >= 0.6 is 11.8 Å². The first kappa shape index (κ1) is 18.0. The number of thioether (sulfide) groups is 1. The largest absolute Gasteiger partial charge is 0.468 e. The van der Waals surface area contributed by atoms with Gasteiger partial charge in [0.25, 0.3) is 5.91 Å². The highest BCUT2D eigenvalue weighted by Gasteiger charge is 2.12. The molecule has 3 rings (SSSR count). The molecule has 6 heteroatoms. The van der Waals surface area contributed by atoms with Gasteiger partial charge in [-0.25, -0.2) is 0 Å². The molecule has 1 aliphatic heterocycles. The number of carbonyl (C=O) groups is 1. The first-order valence-corrected chi connectivity index (χ1v) is 9.74. The molecule has 1 aliphatic rings. The second-order valence-electron chi connectivity index (χ2n) is 5.98. The molecular weight excluding hydrogens is 336 g/mol. The molecule has 1 aromatic carbocycles. The van der Waals surface area contributed by atoms with Crippen LogP contribution < -0.4 is 5.32 Å². The number of benzene rings is 1. The van der Waals surface area contributed by atoms with Crippen molar-refractivity contribution in [3.05, 3.63) is 59.5 Å².